The largest absolute Gasteiger partial charge is 0.478 e. The number of carbonyl (C=O) groups is 1. The average molecular weight is 371 g/mol. The third-order valence-electron chi connectivity index (χ3n) is 3.83. The fourth-order valence-corrected chi connectivity index (χ4v) is 5.68. The van der Waals surface area contributed by atoms with Crippen LogP contribution in [0.15, 0.2) is 30.3 Å². The van der Waals surface area contributed by atoms with Crippen molar-refractivity contribution in [3.05, 3.63) is 35.9 Å². The Balaban J connectivity index is 0.000000272. The Morgan fingerprint density at radius 3 is 2.33 bits per heavy atom. The van der Waals surface area contributed by atoms with Gasteiger partial charge in [-0.2, -0.15) is 0 Å². The zero-order valence-corrected chi connectivity index (χ0v) is 16.2. The number of hydrogen-bond acceptors (Lipinski definition) is 4. The standard InChI is InChI=1S/C12H24OS2.C7H6O2/c1-2-3-4-5-6-7-8-12-14-10-11(9-13)15-12;8-7(9)6-4-2-1-3-5-6/h11-13H,2-10H2,1H3;1-5H,(H,8,9)/t11-,12-;/m1./s1. The number of aliphatic hydroxyl groups is 1. The van der Waals surface area contributed by atoms with Gasteiger partial charge < -0.3 is 10.2 Å². The van der Waals surface area contributed by atoms with E-state index < -0.39 is 5.97 Å². The molecule has 5 heteroatoms. The van der Waals surface area contributed by atoms with Crippen LogP contribution in [-0.2, 0) is 0 Å². The summed E-state index contributed by atoms with van der Waals surface area (Å²) < 4.78 is 0.772. The number of carboxylic acid groups (broad SMARTS) is 1. The summed E-state index contributed by atoms with van der Waals surface area (Å²) in [5.41, 5.74) is 0.331. The molecule has 1 saturated heterocycles. The van der Waals surface area contributed by atoms with Crippen molar-refractivity contribution in [3.8, 4) is 0 Å². The summed E-state index contributed by atoms with van der Waals surface area (Å²) in [6, 6.07) is 8.30. The molecule has 1 aromatic carbocycles. The lowest BCUT2D eigenvalue weighted by molar-refractivity contribution is 0.0697. The van der Waals surface area contributed by atoms with Gasteiger partial charge in [0.2, 0.25) is 0 Å². The molecule has 136 valence electrons. The van der Waals surface area contributed by atoms with E-state index in [0.29, 0.717) is 17.4 Å². The van der Waals surface area contributed by atoms with E-state index in [4.69, 9.17) is 10.2 Å². The van der Waals surface area contributed by atoms with Crippen LogP contribution in [0.25, 0.3) is 0 Å². The zero-order chi connectivity index (χ0) is 17.6. The maximum Gasteiger partial charge on any atom is 0.335 e. The summed E-state index contributed by atoms with van der Waals surface area (Å²) in [5, 5.41) is 17.9. The fourth-order valence-electron chi connectivity index (χ4n) is 2.43. The minimum absolute atomic E-state index is 0.331. The van der Waals surface area contributed by atoms with E-state index >= 15 is 0 Å². The predicted molar refractivity (Wildman–Crippen MR) is 106 cm³/mol. The predicted octanol–water partition coefficient (Wildman–Crippen LogP) is 5.29. The van der Waals surface area contributed by atoms with E-state index in [1.54, 1.807) is 30.3 Å². The first kappa shape index (κ1) is 21.4. The van der Waals surface area contributed by atoms with Gasteiger partial charge in [0.1, 0.15) is 0 Å². The highest BCUT2D eigenvalue weighted by atomic mass is 32.2. The lowest BCUT2D eigenvalue weighted by atomic mass is 10.1. The molecule has 0 amide bonds. The summed E-state index contributed by atoms with van der Waals surface area (Å²) in [5.74, 6) is 0.275. The Bertz CT molecular complexity index is 439. The van der Waals surface area contributed by atoms with Gasteiger partial charge in [0.15, 0.2) is 0 Å². The van der Waals surface area contributed by atoms with Gasteiger partial charge in [0.05, 0.1) is 16.8 Å². The van der Waals surface area contributed by atoms with Gasteiger partial charge in [-0.05, 0) is 18.6 Å². The van der Waals surface area contributed by atoms with Gasteiger partial charge >= 0.3 is 5.97 Å². The molecule has 2 N–H and O–H groups in total. The van der Waals surface area contributed by atoms with E-state index in [0.717, 1.165) is 10.3 Å². The Morgan fingerprint density at radius 1 is 1.12 bits per heavy atom. The molecule has 2 atom stereocenters. The lowest BCUT2D eigenvalue weighted by Crippen LogP contribution is -2.06. The second kappa shape index (κ2) is 13.6. The highest BCUT2D eigenvalue weighted by Crippen LogP contribution is 2.40. The van der Waals surface area contributed by atoms with Gasteiger partial charge in [0.25, 0.3) is 0 Å². The quantitative estimate of drug-likeness (QED) is 0.579. The molecule has 0 unspecified atom stereocenters. The molecule has 0 radical (unpaired) electrons. The van der Waals surface area contributed by atoms with Crippen LogP contribution >= 0.6 is 23.5 Å². The summed E-state index contributed by atoms with van der Waals surface area (Å²) >= 11 is 4.04. The number of rotatable bonds is 9. The molecule has 1 heterocycles. The fraction of sp³-hybridized carbons (Fsp3) is 0.632. The van der Waals surface area contributed by atoms with Crippen molar-refractivity contribution in [2.75, 3.05) is 12.4 Å². The molecule has 3 nitrogen and oxygen atoms in total. The number of aromatic carboxylic acids is 1. The minimum atomic E-state index is -0.879. The molecule has 1 aliphatic rings. The van der Waals surface area contributed by atoms with Crippen LogP contribution in [0, 0.1) is 0 Å². The molecule has 2 rings (SSSR count). The topological polar surface area (TPSA) is 57.5 Å². The molecular weight excluding hydrogens is 340 g/mol. The SMILES string of the molecule is CCCCCCCC[C@@H]1SC[C@@H](CO)S1.O=C(O)c1ccccc1. The Hall–Kier alpha value is -0.650. The molecule has 0 aromatic heterocycles. The molecule has 1 aromatic rings. The van der Waals surface area contributed by atoms with Gasteiger partial charge in [-0.15, -0.1) is 23.5 Å². The Labute approximate surface area is 154 Å². The van der Waals surface area contributed by atoms with Crippen LogP contribution in [0.3, 0.4) is 0 Å². The zero-order valence-electron chi connectivity index (χ0n) is 14.5. The van der Waals surface area contributed by atoms with Crippen LogP contribution in [0.5, 0.6) is 0 Å². The molecule has 24 heavy (non-hydrogen) atoms. The first-order valence-electron chi connectivity index (χ1n) is 8.83. The van der Waals surface area contributed by atoms with Crippen LogP contribution in [0.4, 0.5) is 0 Å². The van der Waals surface area contributed by atoms with E-state index in [-0.39, 0.29) is 0 Å². The van der Waals surface area contributed by atoms with E-state index in [9.17, 15) is 4.79 Å². The molecule has 0 saturated carbocycles. The summed E-state index contributed by atoms with van der Waals surface area (Å²) in [6.07, 6.45) is 9.71. The number of thioether (sulfide) groups is 2. The number of aliphatic hydroxyl groups excluding tert-OH is 1. The molecule has 1 aliphatic heterocycles. The van der Waals surface area contributed by atoms with E-state index in [1.807, 2.05) is 23.5 Å². The molecule has 1 fully saturated rings. The maximum atomic E-state index is 10.2. The highest BCUT2D eigenvalue weighted by molar-refractivity contribution is 8.20. The number of benzene rings is 1. The number of carboxylic acids is 1. The van der Waals surface area contributed by atoms with Crippen molar-refractivity contribution < 1.29 is 15.0 Å². The molecular formula is C19H30O3S2. The van der Waals surface area contributed by atoms with Gasteiger partial charge in [-0.3, -0.25) is 0 Å². The highest BCUT2D eigenvalue weighted by Gasteiger charge is 2.24. The first-order valence-corrected chi connectivity index (χ1v) is 10.8. The monoisotopic (exact) mass is 370 g/mol. The minimum Gasteiger partial charge on any atom is -0.478 e. The van der Waals surface area contributed by atoms with Crippen molar-refractivity contribution in [2.45, 2.75) is 61.7 Å². The van der Waals surface area contributed by atoms with Crippen LogP contribution in [0.2, 0.25) is 0 Å². The number of hydrogen-bond donors (Lipinski definition) is 2. The van der Waals surface area contributed by atoms with Crippen molar-refractivity contribution in [2.24, 2.45) is 0 Å². The normalized spacial score (nSPS) is 19.6. The lowest BCUT2D eigenvalue weighted by Gasteiger charge is -2.08. The van der Waals surface area contributed by atoms with Crippen molar-refractivity contribution >= 4 is 29.5 Å². The Morgan fingerprint density at radius 2 is 1.79 bits per heavy atom. The second-order valence-corrected chi connectivity index (χ2v) is 8.97. The summed E-state index contributed by atoms with van der Waals surface area (Å²) in [4.78, 5) is 10.2. The smallest absolute Gasteiger partial charge is 0.335 e. The third kappa shape index (κ3) is 9.60. The number of unbranched alkanes of at least 4 members (excludes halogenated alkanes) is 5. The van der Waals surface area contributed by atoms with Crippen LogP contribution < -0.4 is 0 Å². The van der Waals surface area contributed by atoms with E-state index in [1.165, 1.54) is 44.9 Å². The van der Waals surface area contributed by atoms with Gasteiger partial charge in [0, 0.05) is 11.0 Å². The van der Waals surface area contributed by atoms with Crippen molar-refractivity contribution in [1.82, 2.24) is 0 Å². The molecule has 0 aliphatic carbocycles. The van der Waals surface area contributed by atoms with Crippen LogP contribution in [-0.4, -0.2) is 38.4 Å². The second-order valence-electron chi connectivity index (χ2n) is 5.93. The van der Waals surface area contributed by atoms with E-state index in [2.05, 4.69) is 6.92 Å². The summed E-state index contributed by atoms with van der Waals surface area (Å²) in [7, 11) is 0. The first-order chi connectivity index (χ1) is 11.7. The molecule has 0 spiro atoms. The van der Waals surface area contributed by atoms with Crippen LogP contribution in [0.1, 0.15) is 62.2 Å². The summed E-state index contributed by atoms with van der Waals surface area (Å²) in [6.45, 7) is 2.63. The molecule has 0 bridgehead atoms. The average Bonchev–Trinajstić information content (AvgIpc) is 3.07. The van der Waals surface area contributed by atoms with Gasteiger partial charge in [-0.1, -0.05) is 63.6 Å². The van der Waals surface area contributed by atoms with Crippen molar-refractivity contribution in [1.29, 1.82) is 0 Å². The Kier molecular flexibility index (Phi) is 12.1. The maximum absolute atomic E-state index is 10.2. The third-order valence-corrected chi connectivity index (χ3v) is 7.22. The van der Waals surface area contributed by atoms with Crippen molar-refractivity contribution in [3.63, 3.8) is 0 Å². The van der Waals surface area contributed by atoms with Gasteiger partial charge in [-0.25, -0.2) is 4.79 Å².